The van der Waals surface area contributed by atoms with E-state index in [9.17, 15) is 18.0 Å². The second-order valence-electron chi connectivity index (χ2n) is 7.77. The number of allylic oxidation sites excluding steroid dienone is 2. The fourth-order valence-electron chi connectivity index (χ4n) is 3.57. The van der Waals surface area contributed by atoms with Gasteiger partial charge >= 0.3 is 6.18 Å². The Morgan fingerprint density at radius 1 is 0.912 bits per heavy atom. The van der Waals surface area contributed by atoms with E-state index in [1.54, 1.807) is 24.5 Å². The Hall–Kier alpha value is -4.19. The van der Waals surface area contributed by atoms with E-state index >= 15 is 0 Å². The van der Waals surface area contributed by atoms with Crippen LogP contribution in [0.2, 0.25) is 0 Å². The highest BCUT2D eigenvalue weighted by atomic mass is 19.4. The molecule has 0 bridgehead atoms. The van der Waals surface area contributed by atoms with E-state index < -0.39 is 11.7 Å². The van der Waals surface area contributed by atoms with Crippen molar-refractivity contribution in [1.29, 1.82) is 0 Å². The van der Waals surface area contributed by atoms with E-state index in [-0.39, 0.29) is 5.91 Å². The number of carbonyl (C=O) groups is 1. The summed E-state index contributed by atoms with van der Waals surface area (Å²) in [6.45, 7) is 1.96. The van der Waals surface area contributed by atoms with Crippen LogP contribution in [-0.4, -0.2) is 10.9 Å². The number of nitrogens with one attached hydrogen (secondary N) is 1. The number of pyridine rings is 1. The van der Waals surface area contributed by atoms with Gasteiger partial charge in [0.15, 0.2) is 0 Å². The van der Waals surface area contributed by atoms with Crippen molar-refractivity contribution in [3.63, 3.8) is 0 Å². The number of benzene rings is 3. The van der Waals surface area contributed by atoms with Crippen LogP contribution in [0, 0.1) is 6.92 Å². The molecular weight excluding hydrogens is 437 g/mol. The second-order valence-corrected chi connectivity index (χ2v) is 7.77. The highest BCUT2D eigenvalue weighted by molar-refractivity contribution is 6.06. The molecule has 0 aliphatic carbocycles. The number of aromatic nitrogens is 1. The predicted molar refractivity (Wildman–Crippen MR) is 129 cm³/mol. The molecule has 0 spiro atoms. The molecule has 1 aromatic heterocycles. The number of fused-ring (bicyclic) bond motifs is 1. The van der Waals surface area contributed by atoms with Crippen LogP contribution in [0.5, 0.6) is 0 Å². The zero-order valence-corrected chi connectivity index (χ0v) is 18.3. The zero-order chi connectivity index (χ0) is 24.1. The van der Waals surface area contributed by atoms with Gasteiger partial charge in [-0.05, 0) is 47.9 Å². The molecule has 170 valence electrons. The fourth-order valence-corrected chi connectivity index (χ4v) is 3.57. The van der Waals surface area contributed by atoms with Crippen molar-refractivity contribution in [2.24, 2.45) is 0 Å². The highest BCUT2D eigenvalue weighted by Gasteiger charge is 2.30. The number of alkyl halides is 3. The normalized spacial score (nSPS) is 12.3. The summed E-state index contributed by atoms with van der Waals surface area (Å²) in [4.78, 5) is 16.6. The maximum atomic E-state index is 13.0. The van der Waals surface area contributed by atoms with Gasteiger partial charge in [0.2, 0.25) is 5.91 Å². The summed E-state index contributed by atoms with van der Waals surface area (Å²) in [5.41, 5.74) is 3.17. The summed E-state index contributed by atoms with van der Waals surface area (Å²) in [7, 11) is 0. The van der Waals surface area contributed by atoms with Gasteiger partial charge in [0, 0.05) is 34.9 Å². The number of halogens is 3. The molecule has 0 aliphatic rings. The van der Waals surface area contributed by atoms with E-state index in [4.69, 9.17) is 0 Å². The molecule has 0 radical (unpaired) electrons. The fraction of sp³-hybridized carbons (Fsp3) is 0.0714. The van der Waals surface area contributed by atoms with Crippen LogP contribution in [0.15, 0.2) is 103 Å². The summed E-state index contributed by atoms with van der Waals surface area (Å²) in [5, 5.41) is 4.65. The van der Waals surface area contributed by atoms with Crippen LogP contribution < -0.4 is 5.32 Å². The maximum absolute atomic E-state index is 13.0. The van der Waals surface area contributed by atoms with Gasteiger partial charge in [0.05, 0.1) is 5.56 Å². The zero-order valence-electron chi connectivity index (χ0n) is 18.3. The Morgan fingerprint density at radius 2 is 1.59 bits per heavy atom. The lowest BCUT2D eigenvalue weighted by molar-refractivity contribution is -0.137. The van der Waals surface area contributed by atoms with Gasteiger partial charge in [-0.3, -0.25) is 9.78 Å². The third-order valence-electron chi connectivity index (χ3n) is 5.33. The SMILES string of the molecule is Cc1ccc(/C(=C\C=C\C(=O)Nc2cccc3cnccc23)c2ccc(C(F)(F)F)cc2)cc1. The van der Waals surface area contributed by atoms with Crippen molar-refractivity contribution < 1.29 is 18.0 Å². The first-order chi connectivity index (χ1) is 16.3. The molecule has 0 fully saturated rings. The van der Waals surface area contributed by atoms with Gasteiger partial charge in [0.25, 0.3) is 0 Å². The lowest BCUT2D eigenvalue weighted by atomic mass is 9.96. The van der Waals surface area contributed by atoms with E-state index in [1.807, 2.05) is 55.5 Å². The summed E-state index contributed by atoms with van der Waals surface area (Å²) in [6, 6.07) is 20.0. The van der Waals surface area contributed by atoms with E-state index in [0.29, 0.717) is 16.8 Å². The Balaban J connectivity index is 1.61. The third kappa shape index (κ3) is 5.41. The molecule has 4 aromatic rings. The first-order valence-corrected chi connectivity index (χ1v) is 10.6. The number of nitrogens with zero attached hydrogens (tertiary/aromatic N) is 1. The molecule has 1 N–H and O–H groups in total. The standard InChI is InChI=1S/C28H21F3N2O/c1-19-8-10-20(11-9-19)24(21-12-14-23(15-13-21)28(29,30)31)5-3-7-27(34)33-26-6-2-4-22-18-32-17-16-25(22)26/h2-18H,1H3,(H,33,34)/b7-3+,24-5+. The van der Waals surface area contributed by atoms with Crippen LogP contribution in [0.25, 0.3) is 16.3 Å². The lowest BCUT2D eigenvalue weighted by Crippen LogP contribution is -2.08. The molecule has 4 rings (SSSR count). The molecule has 1 amide bonds. The van der Waals surface area contributed by atoms with Gasteiger partial charge in [-0.2, -0.15) is 13.2 Å². The monoisotopic (exact) mass is 458 g/mol. The van der Waals surface area contributed by atoms with Gasteiger partial charge in [-0.25, -0.2) is 0 Å². The number of hydrogen-bond acceptors (Lipinski definition) is 2. The summed E-state index contributed by atoms with van der Waals surface area (Å²) < 4.78 is 38.9. The number of carbonyl (C=O) groups excluding carboxylic acids is 1. The molecule has 6 heteroatoms. The van der Waals surface area contributed by atoms with Gasteiger partial charge in [0.1, 0.15) is 0 Å². The average Bonchev–Trinajstić information content (AvgIpc) is 2.82. The van der Waals surface area contributed by atoms with Crippen molar-refractivity contribution >= 4 is 27.9 Å². The van der Waals surface area contributed by atoms with Gasteiger partial charge in [-0.15, -0.1) is 0 Å². The second kappa shape index (κ2) is 9.75. The predicted octanol–water partition coefficient (Wildman–Crippen LogP) is 7.19. The number of rotatable bonds is 5. The Labute approximate surface area is 195 Å². The first kappa shape index (κ1) is 23.0. The lowest BCUT2D eigenvalue weighted by Gasteiger charge is -2.11. The molecule has 3 nitrogen and oxygen atoms in total. The molecular formula is C28H21F3N2O. The van der Waals surface area contributed by atoms with Crippen molar-refractivity contribution in [3.05, 3.63) is 126 Å². The van der Waals surface area contributed by atoms with Gasteiger partial charge < -0.3 is 5.32 Å². The quantitative estimate of drug-likeness (QED) is 0.254. The van der Waals surface area contributed by atoms with Crippen molar-refractivity contribution in [2.45, 2.75) is 13.1 Å². The molecule has 34 heavy (non-hydrogen) atoms. The minimum atomic E-state index is -4.40. The van der Waals surface area contributed by atoms with Crippen LogP contribution in [0.4, 0.5) is 18.9 Å². The van der Waals surface area contributed by atoms with Crippen LogP contribution in [0.1, 0.15) is 22.3 Å². The Bertz CT molecular complexity index is 1360. The Kier molecular flexibility index (Phi) is 6.59. The maximum Gasteiger partial charge on any atom is 0.416 e. The van der Waals surface area contributed by atoms with Crippen molar-refractivity contribution in [1.82, 2.24) is 4.98 Å². The summed E-state index contributed by atoms with van der Waals surface area (Å²) in [5.74, 6) is -0.323. The molecule has 3 aromatic carbocycles. The smallest absolute Gasteiger partial charge is 0.322 e. The number of amides is 1. The van der Waals surface area contributed by atoms with Crippen molar-refractivity contribution in [3.8, 4) is 0 Å². The largest absolute Gasteiger partial charge is 0.416 e. The summed E-state index contributed by atoms with van der Waals surface area (Å²) in [6.07, 6.45) is 3.69. The van der Waals surface area contributed by atoms with E-state index in [2.05, 4.69) is 10.3 Å². The Morgan fingerprint density at radius 3 is 2.26 bits per heavy atom. The molecule has 0 aliphatic heterocycles. The minimum absolute atomic E-state index is 0.323. The molecule has 0 unspecified atom stereocenters. The molecule has 1 heterocycles. The van der Waals surface area contributed by atoms with E-state index in [1.165, 1.54) is 18.2 Å². The van der Waals surface area contributed by atoms with Crippen LogP contribution >= 0.6 is 0 Å². The number of anilines is 1. The molecule has 0 saturated heterocycles. The van der Waals surface area contributed by atoms with Crippen LogP contribution in [0.3, 0.4) is 0 Å². The number of aryl methyl sites for hydroxylation is 1. The topological polar surface area (TPSA) is 42.0 Å². The van der Waals surface area contributed by atoms with Crippen LogP contribution in [-0.2, 0) is 11.0 Å². The number of hydrogen-bond donors (Lipinski definition) is 1. The minimum Gasteiger partial charge on any atom is -0.322 e. The van der Waals surface area contributed by atoms with Crippen molar-refractivity contribution in [2.75, 3.05) is 5.32 Å². The highest BCUT2D eigenvalue weighted by Crippen LogP contribution is 2.31. The third-order valence-corrected chi connectivity index (χ3v) is 5.33. The molecule has 0 saturated carbocycles. The average molecular weight is 458 g/mol. The summed E-state index contributed by atoms with van der Waals surface area (Å²) >= 11 is 0. The first-order valence-electron chi connectivity index (χ1n) is 10.6. The van der Waals surface area contributed by atoms with E-state index in [0.717, 1.165) is 34.0 Å². The molecule has 0 atom stereocenters. The van der Waals surface area contributed by atoms with Gasteiger partial charge in [-0.1, -0.05) is 66.2 Å².